The molecule has 5 aromatic rings. The Labute approximate surface area is 251 Å². The fourth-order valence-corrected chi connectivity index (χ4v) is 5.72. The number of aryl methyl sites for hydroxylation is 1. The summed E-state index contributed by atoms with van der Waals surface area (Å²) in [5.74, 6) is 1.40. The first-order chi connectivity index (χ1) is 21.3. The standard InChI is InChI=1S/C31H31F3N8O2/c1-18-13-23(31(32,33)34)40-42(18)21-10-6-19(7-11-21)15-35-24-14-22-28(38-17-41(22)25-5-3-4-12-44-25)29(39-24)26-27(20-8-9-20)36-16-37-30(26)43-2/h6-7,10-11,13-14,16-17,20,25H,3-5,8-9,12,15H2,1-2H3,(H,35,39). The molecule has 2 aliphatic rings. The molecule has 228 valence electrons. The van der Waals surface area contributed by atoms with Gasteiger partial charge in [0, 0.05) is 30.8 Å². The fraction of sp³-hybridized carbons (Fsp3) is 0.387. The molecule has 10 nitrogen and oxygen atoms in total. The van der Waals surface area contributed by atoms with Crippen molar-refractivity contribution in [3.63, 3.8) is 0 Å². The Hall–Kier alpha value is -4.52. The molecule has 1 aromatic carbocycles. The summed E-state index contributed by atoms with van der Waals surface area (Å²) in [5.41, 5.74) is 4.84. The Bertz CT molecular complexity index is 1810. The van der Waals surface area contributed by atoms with Crippen molar-refractivity contribution in [3.05, 3.63) is 71.7 Å². The van der Waals surface area contributed by atoms with E-state index in [1.165, 1.54) is 11.0 Å². The molecule has 0 amide bonds. The number of aromatic nitrogens is 7. The maximum atomic E-state index is 13.2. The van der Waals surface area contributed by atoms with E-state index in [-0.39, 0.29) is 6.23 Å². The van der Waals surface area contributed by atoms with Crippen LogP contribution in [0.4, 0.5) is 19.0 Å². The highest BCUT2D eigenvalue weighted by Crippen LogP contribution is 2.46. The van der Waals surface area contributed by atoms with Crippen LogP contribution in [0.1, 0.15) is 66.9 Å². The van der Waals surface area contributed by atoms with Gasteiger partial charge in [0.15, 0.2) is 5.69 Å². The third kappa shape index (κ3) is 5.36. The Morgan fingerprint density at radius 1 is 1.05 bits per heavy atom. The zero-order chi connectivity index (χ0) is 30.4. The molecule has 2 fully saturated rings. The van der Waals surface area contributed by atoms with Gasteiger partial charge in [-0.25, -0.2) is 24.6 Å². The normalized spacial score (nSPS) is 17.2. The number of rotatable bonds is 8. The van der Waals surface area contributed by atoms with Crippen molar-refractivity contribution < 1.29 is 22.6 Å². The quantitative estimate of drug-likeness (QED) is 0.211. The van der Waals surface area contributed by atoms with Gasteiger partial charge in [-0.15, -0.1) is 0 Å². The number of alkyl halides is 3. The highest BCUT2D eigenvalue weighted by Gasteiger charge is 2.35. The minimum atomic E-state index is -4.50. The molecule has 13 heteroatoms. The van der Waals surface area contributed by atoms with E-state index in [0.29, 0.717) is 47.8 Å². The van der Waals surface area contributed by atoms with Crippen LogP contribution >= 0.6 is 0 Å². The van der Waals surface area contributed by atoms with Gasteiger partial charge in [-0.05, 0) is 62.8 Å². The van der Waals surface area contributed by atoms with Crippen LogP contribution < -0.4 is 10.1 Å². The molecule has 0 radical (unpaired) electrons. The first-order valence-corrected chi connectivity index (χ1v) is 14.7. The number of hydrogen-bond donors (Lipinski definition) is 1. The average molecular weight is 605 g/mol. The molecular weight excluding hydrogens is 573 g/mol. The van der Waals surface area contributed by atoms with Gasteiger partial charge >= 0.3 is 6.18 Å². The number of imidazole rings is 1. The van der Waals surface area contributed by atoms with E-state index in [2.05, 4.69) is 25.0 Å². The van der Waals surface area contributed by atoms with Gasteiger partial charge in [0.2, 0.25) is 5.88 Å². The number of hydrogen-bond acceptors (Lipinski definition) is 8. The summed E-state index contributed by atoms with van der Waals surface area (Å²) in [6.45, 7) is 2.73. The van der Waals surface area contributed by atoms with Crippen LogP contribution in [0.25, 0.3) is 28.0 Å². The molecule has 1 saturated heterocycles. The maximum absolute atomic E-state index is 13.2. The largest absolute Gasteiger partial charge is 0.480 e. The van der Waals surface area contributed by atoms with Crippen molar-refractivity contribution in [2.45, 2.75) is 63.9 Å². The second kappa shape index (κ2) is 11.2. The Morgan fingerprint density at radius 3 is 2.55 bits per heavy atom. The van der Waals surface area contributed by atoms with Gasteiger partial charge in [0.1, 0.15) is 29.6 Å². The molecule has 1 aliphatic carbocycles. The van der Waals surface area contributed by atoms with Crippen LogP contribution in [0.2, 0.25) is 0 Å². The van der Waals surface area contributed by atoms with Crippen LogP contribution in [0.15, 0.2) is 49.1 Å². The number of benzene rings is 1. The predicted octanol–water partition coefficient (Wildman–Crippen LogP) is 6.60. The Morgan fingerprint density at radius 2 is 1.86 bits per heavy atom. The van der Waals surface area contributed by atoms with Gasteiger partial charge in [-0.1, -0.05) is 12.1 Å². The predicted molar refractivity (Wildman–Crippen MR) is 157 cm³/mol. The van der Waals surface area contributed by atoms with Crippen molar-refractivity contribution in [1.29, 1.82) is 0 Å². The second-order valence-corrected chi connectivity index (χ2v) is 11.2. The molecule has 7 rings (SSSR count). The second-order valence-electron chi connectivity index (χ2n) is 11.2. The molecule has 1 atom stereocenters. The SMILES string of the molecule is COc1ncnc(C2CC2)c1-c1nc(NCc2ccc(-n3nc(C(F)(F)F)cc3C)cc2)cc2c1ncn2C1CCCCO1. The van der Waals surface area contributed by atoms with E-state index in [4.69, 9.17) is 19.4 Å². The molecule has 1 saturated carbocycles. The summed E-state index contributed by atoms with van der Waals surface area (Å²) in [4.78, 5) is 18.8. The number of halogens is 3. The lowest BCUT2D eigenvalue weighted by Crippen LogP contribution is -2.17. The van der Waals surface area contributed by atoms with Crippen LogP contribution in [-0.4, -0.2) is 48.0 Å². The van der Waals surface area contributed by atoms with Gasteiger partial charge in [-0.2, -0.15) is 18.3 Å². The van der Waals surface area contributed by atoms with E-state index < -0.39 is 11.9 Å². The molecule has 0 bridgehead atoms. The number of nitrogens with zero attached hydrogens (tertiary/aromatic N) is 7. The molecule has 1 aliphatic heterocycles. The first-order valence-electron chi connectivity index (χ1n) is 14.7. The zero-order valence-electron chi connectivity index (χ0n) is 24.3. The molecule has 0 spiro atoms. The summed E-state index contributed by atoms with van der Waals surface area (Å²) in [6, 6.07) is 10.2. The summed E-state index contributed by atoms with van der Waals surface area (Å²) in [7, 11) is 1.59. The molecular formula is C31H31F3N8O2. The van der Waals surface area contributed by atoms with Gasteiger partial charge < -0.3 is 19.4 Å². The van der Waals surface area contributed by atoms with E-state index >= 15 is 0 Å². The minimum Gasteiger partial charge on any atom is -0.480 e. The van der Waals surface area contributed by atoms with E-state index in [1.54, 1.807) is 26.2 Å². The van der Waals surface area contributed by atoms with Crippen LogP contribution in [0.3, 0.4) is 0 Å². The van der Waals surface area contributed by atoms with Gasteiger partial charge in [0.25, 0.3) is 0 Å². The molecule has 5 heterocycles. The topological polar surface area (TPSA) is 105 Å². The molecule has 1 N–H and O–H groups in total. The number of methoxy groups -OCH3 is 1. The number of anilines is 1. The van der Waals surface area contributed by atoms with Crippen LogP contribution in [-0.2, 0) is 17.5 Å². The minimum absolute atomic E-state index is 0.121. The third-order valence-corrected chi connectivity index (χ3v) is 8.10. The molecule has 4 aromatic heterocycles. The van der Waals surface area contributed by atoms with Crippen molar-refractivity contribution >= 4 is 16.9 Å². The smallest absolute Gasteiger partial charge is 0.435 e. The van der Waals surface area contributed by atoms with Gasteiger partial charge in [0.05, 0.1) is 35.9 Å². The van der Waals surface area contributed by atoms with Crippen molar-refractivity contribution in [2.75, 3.05) is 19.0 Å². The number of fused-ring (bicyclic) bond motifs is 1. The van der Waals surface area contributed by atoms with E-state index in [1.807, 2.05) is 24.5 Å². The maximum Gasteiger partial charge on any atom is 0.435 e. The Kier molecular flexibility index (Phi) is 7.19. The zero-order valence-corrected chi connectivity index (χ0v) is 24.3. The fourth-order valence-electron chi connectivity index (χ4n) is 5.72. The first kappa shape index (κ1) is 28.3. The van der Waals surface area contributed by atoms with Gasteiger partial charge in [-0.3, -0.25) is 0 Å². The highest BCUT2D eigenvalue weighted by molar-refractivity contribution is 5.94. The van der Waals surface area contributed by atoms with Crippen LogP contribution in [0.5, 0.6) is 5.88 Å². The summed E-state index contributed by atoms with van der Waals surface area (Å²) < 4.78 is 54.6. The third-order valence-electron chi connectivity index (χ3n) is 8.10. The molecule has 44 heavy (non-hydrogen) atoms. The highest BCUT2D eigenvalue weighted by atomic mass is 19.4. The Balaban J connectivity index is 1.23. The van der Waals surface area contributed by atoms with Crippen molar-refractivity contribution in [3.8, 4) is 22.8 Å². The summed E-state index contributed by atoms with van der Waals surface area (Å²) >= 11 is 0. The lowest BCUT2D eigenvalue weighted by Gasteiger charge is -2.24. The number of nitrogens with one attached hydrogen (secondary N) is 1. The number of pyridine rings is 1. The van der Waals surface area contributed by atoms with Crippen molar-refractivity contribution in [1.82, 2.24) is 34.3 Å². The monoisotopic (exact) mass is 604 g/mol. The summed E-state index contributed by atoms with van der Waals surface area (Å²) in [5, 5.41) is 7.18. The lowest BCUT2D eigenvalue weighted by molar-refractivity contribution is -0.141. The number of ether oxygens (including phenoxy) is 2. The van der Waals surface area contributed by atoms with E-state index in [0.717, 1.165) is 66.0 Å². The van der Waals surface area contributed by atoms with E-state index in [9.17, 15) is 13.2 Å². The lowest BCUT2D eigenvalue weighted by atomic mass is 10.1. The average Bonchev–Trinajstić information content (AvgIpc) is 3.67. The molecule has 1 unspecified atom stereocenters. The van der Waals surface area contributed by atoms with Crippen molar-refractivity contribution in [2.24, 2.45) is 0 Å². The summed E-state index contributed by atoms with van der Waals surface area (Å²) in [6.07, 6.45) is 3.81. The van der Waals surface area contributed by atoms with Crippen LogP contribution in [0, 0.1) is 6.92 Å².